The SMILES string of the molecule is CN=C(NCc1ccc(NC(=O)NC(C)C)cc1)N(C)CCc1cccs1. The zero-order chi connectivity index (χ0) is 19.6. The van der Waals surface area contributed by atoms with Crippen molar-refractivity contribution in [1.29, 1.82) is 0 Å². The minimum Gasteiger partial charge on any atom is -0.352 e. The fourth-order valence-corrected chi connectivity index (χ4v) is 3.24. The summed E-state index contributed by atoms with van der Waals surface area (Å²) >= 11 is 1.78. The second-order valence-electron chi connectivity index (χ2n) is 6.60. The maximum absolute atomic E-state index is 11.7. The van der Waals surface area contributed by atoms with Crippen molar-refractivity contribution in [3.05, 3.63) is 52.2 Å². The van der Waals surface area contributed by atoms with Crippen molar-refractivity contribution in [2.45, 2.75) is 32.9 Å². The van der Waals surface area contributed by atoms with E-state index in [-0.39, 0.29) is 12.1 Å². The molecule has 6 nitrogen and oxygen atoms in total. The molecule has 1 aromatic heterocycles. The van der Waals surface area contributed by atoms with Crippen LogP contribution in [0, 0.1) is 0 Å². The largest absolute Gasteiger partial charge is 0.352 e. The summed E-state index contributed by atoms with van der Waals surface area (Å²) in [6.07, 6.45) is 1.01. The first-order chi connectivity index (χ1) is 13.0. The molecule has 2 rings (SSSR count). The summed E-state index contributed by atoms with van der Waals surface area (Å²) in [5, 5.41) is 11.1. The molecule has 1 heterocycles. The van der Waals surface area contributed by atoms with Gasteiger partial charge in [0.15, 0.2) is 5.96 Å². The van der Waals surface area contributed by atoms with E-state index < -0.39 is 0 Å². The molecule has 0 radical (unpaired) electrons. The van der Waals surface area contributed by atoms with E-state index in [0.29, 0.717) is 6.54 Å². The van der Waals surface area contributed by atoms with Crippen LogP contribution in [0.5, 0.6) is 0 Å². The first kappa shape index (κ1) is 20.8. The zero-order valence-corrected chi connectivity index (χ0v) is 17.3. The van der Waals surface area contributed by atoms with E-state index in [9.17, 15) is 4.79 Å². The van der Waals surface area contributed by atoms with Gasteiger partial charge >= 0.3 is 6.03 Å². The van der Waals surface area contributed by atoms with Crippen LogP contribution in [0.4, 0.5) is 10.5 Å². The van der Waals surface area contributed by atoms with Crippen molar-refractivity contribution in [3.8, 4) is 0 Å². The Morgan fingerprint density at radius 1 is 1.22 bits per heavy atom. The number of likely N-dealkylation sites (N-methyl/N-ethyl adjacent to an activating group) is 1. The number of thiophene rings is 1. The highest BCUT2D eigenvalue weighted by Gasteiger charge is 2.07. The number of amides is 2. The quantitative estimate of drug-likeness (QED) is 0.503. The van der Waals surface area contributed by atoms with E-state index in [1.807, 2.05) is 45.2 Å². The van der Waals surface area contributed by atoms with E-state index in [1.54, 1.807) is 18.4 Å². The van der Waals surface area contributed by atoms with Gasteiger partial charge in [0.05, 0.1) is 0 Å². The number of carbonyl (C=O) groups is 1. The first-order valence-electron chi connectivity index (χ1n) is 9.08. The highest BCUT2D eigenvalue weighted by Crippen LogP contribution is 2.11. The molecule has 146 valence electrons. The van der Waals surface area contributed by atoms with Crippen LogP contribution in [0.1, 0.15) is 24.3 Å². The maximum atomic E-state index is 11.7. The molecule has 0 aliphatic rings. The minimum absolute atomic E-state index is 0.108. The molecular formula is C20H29N5OS. The van der Waals surface area contributed by atoms with Crippen LogP contribution in [-0.2, 0) is 13.0 Å². The van der Waals surface area contributed by atoms with Gasteiger partial charge in [0.2, 0.25) is 0 Å². The average Bonchev–Trinajstić information content (AvgIpc) is 3.14. The molecule has 0 saturated heterocycles. The third kappa shape index (κ3) is 7.30. The van der Waals surface area contributed by atoms with Gasteiger partial charge in [-0.3, -0.25) is 4.99 Å². The summed E-state index contributed by atoms with van der Waals surface area (Å²) in [6, 6.07) is 12.0. The van der Waals surface area contributed by atoms with Gasteiger partial charge in [-0.25, -0.2) is 4.79 Å². The second kappa shape index (κ2) is 10.6. The smallest absolute Gasteiger partial charge is 0.319 e. The van der Waals surface area contributed by atoms with Gasteiger partial charge in [0.25, 0.3) is 0 Å². The third-order valence-corrected chi connectivity index (χ3v) is 4.87. The summed E-state index contributed by atoms with van der Waals surface area (Å²) < 4.78 is 0. The Morgan fingerprint density at radius 2 is 1.96 bits per heavy atom. The number of aliphatic imine (C=N–C) groups is 1. The van der Waals surface area contributed by atoms with Crippen LogP contribution in [0.25, 0.3) is 0 Å². The summed E-state index contributed by atoms with van der Waals surface area (Å²) in [5.74, 6) is 0.866. The number of urea groups is 1. The number of benzene rings is 1. The van der Waals surface area contributed by atoms with Gasteiger partial charge in [-0.05, 0) is 49.4 Å². The van der Waals surface area contributed by atoms with Crippen LogP contribution >= 0.6 is 11.3 Å². The monoisotopic (exact) mass is 387 g/mol. The second-order valence-corrected chi connectivity index (χ2v) is 7.63. The molecule has 0 spiro atoms. The van der Waals surface area contributed by atoms with Crippen LogP contribution in [-0.4, -0.2) is 43.6 Å². The molecule has 7 heteroatoms. The molecule has 0 atom stereocenters. The van der Waals surface area contributed by atoms with Gasteiger partial charge in [-0.15, -0.1) is 11.3 Å². The van der Waals surface area contributed by atoms with E-state index in [1.165, 1.54) is 4.88 Å². The standard InChI is InChI=1S/C20H29N5OS/c1-15(2)23-20(26)24-17-9-7-16(8-10-17)14-22-19(21-3)25(4)12-11-18-6-5-13-27-18/h5-10,13,15H,11-12,14H2,1-4H3,(H,21,22)(H2,23,24,26). The number of rotatable bonds is 7. The average molecular weight is 388 g/mol. The van der Waals surface area contributed by atoms with Gasteiger partial charge in [0, 0.05) is 43.8 Å². The lowest BCUT2D eigenvalue weighted by atomic mass is 10.2. The molecule has 0 aliphatic carbocycles. The number of nitrogens with one attached hydrogen (secondary N) is 3. The first-order valence-corrected chi connectivity index (χ1v) is 9.96. The zero-order valence-electron chi connectivity index (χ0n) is 16.5. The molecule has 27 heavy (non-hydrogen) atoms. The van der Waals surface area contributed by atoms with E-state index in [2.05, 4.69) is 43.4 Å². The van der Waals surface area contributed by atoms with Gasteiger partial charge in [-0.2, -0.15) is 0 Å². The van der Waals surface area contributed by atoms with Gasteiger partial charge in [-0.1, -0.05) is 18.2 Å². The topological polar surface area (TPSA) is 68.8 Å². The molecule has 1 aromatic carbocycles. The Bertz CT molecular complexity index is 725. The van der Waals surface area contributed by atoms with Crippen LogP contribution < -0.4 is 16.0 Å². The van der Waals surface area contributed by atoms with Crippen molar-refractivity contribution in [3.63, 3.8) is 0 Å². The molecule has 3 N–H and O–H groups in total. The lowest BCUT2D eigenvalue weighted by Crippen LogP contribution is -2.39. The lowest BCUT2D eigenvalue weighted by molar-refractivity contribution is 0.250. The van der Waals surface area contributed by atoms with Crippen molar-refractivity contribution < 1.29 is 4.79 Å². The maximum Gasteiger partial charge on any atom is 0.319 e. The molecule has 2 aromatic rings. The predicted octanol–water partition coefficient (Wildman–Crippen LogP) is 3.53. The molecule has 0 saturated carbocycles. The van der Waals surface area contributed by atoms with Crippen molar-refractivity contribution in [2.24, 2.45) is 4.99 Å². The molecule has 0 unspecified atom stereocenters. The minimum atomic E-state index is -0.191. The lowest BCUT2D eigenvalue weighted by Gasteiger charge is -2.22. The number of hydrogen-bond acceptors (Lipinski definition) is 3. The van der Waals surface area contributed by atoms with Crippen LogP contribution in [0.15, 0.2) is 46.8 Å². The van der Waals surface area contributed by atoms with Crippen molar-refractivity contribution in [2.75, 3.05) is 26.0 Å². The molecule has 2 amide bonds. The summed E-state index contributed by atoms with van der Waals surface area (Å²) in [7, 11) is 3.84. The molecule has 0 aliphatic heterocycles. The van der Waals surface area contributed by atoms with E-state index in [4.69, 9.17) is 0 Å². The van der Waals surface area contributed by atoms with Gasteiger partial charge in [0.1, 0.15) is 0 Å². The normalized spacial score (nSPS) is 11.4. The fourth-order valence-electron chi connectivity index (χ4n) is 2.54. The van der Waals surface area contributed by atoms with E-state index in [0.717, 1.165) is 30.2 Å². The summed E-state index contributed by atoms with van der Waals surface area (Å²) in [4.78, 5) is 19.6. The van der Waals surface area contributed by atoms with Crippen LogP contribution in [0.3, 0.4) is 0 Å². The number of hydrogen-bond donors (Lipinski definition) is 3. The molecular weight excluding hydrogens is 358 g/mol. The predicted molar refractivity (Wildman–Crippen MR) is 115 cm³/mol. The number of nitrogens with zero attached hydrogens (tertiary/aromatic N) is 2. The highest BCUT2D eigenvalue weighted by atomic mass is 32.1. The summed E-state index contributed by atoms with van der Waals surface area (Å²) in [5.41, 5.74) is 1.90. The molecule has 0 fully saturated rings. The van der Waals surface area contributed by atoms with E-state index >= 15 is 0 Å². The Kier molecular flexibility index (Phi) is 8.13. The summed E-state index contributed by atoms with van der Waals surface area (Å²) in [6.45, 7) is 5.44. The van der Waals surface area contributed by atoms with Gasteiger partial charge < -0.3 is 20.9 Å². The van der Waals surface area contributed by atoms with Crippen LogP contribution in [0.2, 0.25) is 0 Å². The number of anilines is 1. The Hall–Kier alpha value is -2.54. The molecule has 0 bridgehead atoms. The third-order valence-electron chi connectivity index (χ3n) is 3.93. The Morgan fingerprint density at radius 3 is 2.56 bits per heavy atom. The highest BCUT2D eigenvalue weighted by molar-refractivity contribution is 7.09. The van der Waals surface area contributed by atoms with Crippen molar-refractivity contribution >= 4 is 29.0 Å². The Balaban J connectivity index is 1.80. The number of guanidine groups is 1. The fraction of sp³-hybridized carbons (Fsp3) is 0.400. The number of carbonyl (C=O) groups excluding carboxylic acids is 1. The van der Waals surface area contributed by atoms with Crippen molar-refractivity contribution in [1.82, 2.24) is 15.5 Å². The Labute approximate surface area is 165 Å².